The van der Waals surface area contributed by atoms with Crippen LogP contribution in [0.15, 0.2) is 12.1 Å². The molecule has 4 rings (SSSR count). The van der Waals surface area contributed by atoms with Crippen LogP contribution in [0, 0.1) is 11.3 Å². The summed E-state index contributed by atoms with van der Waals surface area (Å²) in [6.07, 6.45) is 6.25. The average molecular weight is 332 g/mol. The molecule has 2 fully saturated rings. The summed E-state index contributed by atoms with van der Waals surface area (Å²) < 4.78 is 18.0. The highest BCUT2D eigenvalue weighted by molar-refractivity contribution is 5.86. The summed E-state index contributed by atoms with van der Waals surface area (Å²) in [5.74, 6) is 0.968. The minimum atomic E-state index is -0.383. The van der Waals surface area contributed by atoms with Gasteiger partial charge >= 0.3 is 0 Å². The quantitative estimate of drug-likeness (QED) is 0.642. The summed E-state index contributed by atoms with van der Waals surface area (Å²) in [6.45, 7) is 4.36. The van der Waals surface area contributed by atoms with E-state index in [1.165, 1.54) is 11.8 Å². The molecule has 0 unspecified atom stereocenters. The first-order valence-corrected chi connectivity index (χ1v) is 8.98. The first-order valence-electron chi connectivity index (χ1n) is 8.98. The lowest BCUT2D eigenvalue weighted by molar-refractivity contribution is -0.199. The fraction of sp³-hybridized carbons (Fsp3) is 0.632. The summed E-state index contributed by atoms with van der Waals surface area (Å²) in [5, 5.41) is 7.65. The zero-order chi connectivity index (χ0) is 16.8. The maximum Gasteiger partial charge on any atom is 0.168 e. The van der Waals surface area contributed by atoms with Crippen molar-refractivity contribution in [2.45, 2.75) is 50.2 Å². The first kappa shape index (κ1) is 15.9. The third kappa shape index (κ3) is 2.25. The maximum atomic E-state index is 7.65. The van der Waals surface area contributed by atoms with Crippen LogP contribution in [0.4, 0.5) is 5.69 Å². The Hall–Kier alpha value is -1.59. The number of nitrogen functional groups attached to an aromatic ring is 1. The van der Waals surface area contributed by atoms with Crippen molar-refractivity contribution in [2.75, 3.05) is 25.6 Å². The van der Waals surface area contributed by atoms with Gasteiger partial charge in [0.2, 0.25) is 0 Å². The Morgan fingerprint density at radius 1 is 1.29 bits per heavy atom. The fourth-order valence-corrected chi connectivity index (χ4v) is 5.00. The van der Waals surface area contributed by atoms with Crippen LogP contribution in [-0.4, -0.2) is 31.8 Å². The first-order chi connectivity index (χ1) is 11.6. The van der Waals surface area contributed by atoms with Gasteiger partial charge in [0.15, 0.2) is 5.79 Å². The summed E-state index contributed by atoms with van der Waals surface area (Å²) in [4.78, 5) is 0. The van der Waals surface area contributed by atoms with E-state index in [1.807, 2.05) is 6.07 Å². The average Bonchev–Trinajstić information content (AvgIpc) is 2.98. The van der Waals surface area contributed by atoms with Gasteiger partial charge in [-0.05, 0) is 31.2 Å². The molecule has 24 heavy (non-hydrogen) atoms. The number of hydrogen-bond donors (Lipinski definition) is 2. The molecule has 1 saturated heterocycles. The van der Waals surface area contributed by atoms with Gasteiger partial charge in [0.05, 0.1) is 19.8 Å². The van der Waals surface area contributed by atoms with Crippen molar-refractivity contribution in [3.05, 3.63) is 23.3 Å². The highest BCUT2D eigenvalue weighted by Gasteiger charge is 2.53. The Balaban J connectivity index is 0.00000182. The van der Waals surface area contributed by atoms with Gasteiger partial charge in [-0.1, -0.05) is 6.92 Å². The van der Waals surface area contributed by atoms with Crippen LogP contribution >= 0.6 is 0 Å². The number of hydrogen-bond acceptors (Lipinski definition) is 5. The predicted octanol–water partition coefficient (Wildman–Crippen LogP) is 3.49. The molecule has 1 spiro atoms. The molecule has 3 aliphatic rings. The number of ether oxygens (including phenoxy) is 3. The van der Waals surface area contributed by atoms with Gasteiger partial charge < -0.3 is 25.4 Å². The van der Waals surface area contributed by atoms with Crippen LogP contribution in [-0.2, 0) is 14.9 Å². The van der Waals surface area contributed by atoms with E-state index in [-0.39, 0.29) is 12.6 Å². The van der Waals surface area contributed by atoms with E-state index >= 15 is 0 Å². The summed E-state index contributed by atoms with van der Waals surface area (Å²) in [7, 11) is 0. The lowest BCUT2D eigenvalue weighted by Gasteiger charge is -2.49. The number of nitrogens with one attached hydrogen (secondary N) is 1. The zero-order valence-electron chi connectivity index (χ0n) is 14.3. The molecule has 0 aromatic heterocycles. The van der Waals surface area contributed by atoms with Gasteiger partial charge in [-0.3, -0.25) is 0 Å². The van der Waals surface area contributed by atoms with Gasteiger partial charge in [0.25, 0.3) is 0 Å². The SMILES string of the molecule is CC[C@@]12CCC3(C[C@@H]1CCOc1cc(N)c(C=N)cc12)OCCO3.[HH]. The number of rotatable bonds is 2. The van der Waals surface area contributed by atoms with Crippen LogP contribution in [0.5, 0.6) is 5.75 Å². The molecule has 2 atom stereocenters. The van der Waals surface area contributed by atoms with Crippen LogP contribution in [0.25, 0.3) is 0 Å². The molecule has 2 aliphatic heterocycles. The molecule has 1 aliphatic carbocycles. The fourth-order valence-electron chi connectivity index (χ4n) is 5.00. The monoisotopic (exact) mass is 332 g/mol. The smallest absolute Gasteiger partial charge is 0.168 e. The summed E-state index contributed by atoms with van der Waals surface area (Å²) >= 11 is 0. The lowest BCUT2D eigenvalue weighted by Crippen LogP contribution is -2.48. The van der Waals surface area contributed by atoms with Crippen molar-refractivity contribution >= 4 is 11.9 Å². The van der Waals surface area contributed by atoms with E-state index in [4.69, 9.17) is 25.4 Å². The largest absolute Gasteiger partial charge is 0.493 e. The van der Waals surface area contributed by atoms with E-state index in [0.717, 1.165) is 43.4 Å². The summed E-state index contributed by atoms with van der Waals surface area (Å²) in [6, 6.07) is 3.98. The third-order valence-corrected chi connectivity index (χ3v) is 6.34. The van der Waals surface area contributed by atoms with Gasteiger partial charge in [-0.25, -0.2) is 0 Å². The predicted molar refractivity (Wildman–Crippen MR) is 94.9 cm³/mol. The second-order valence-electron chi connectivity index (χ2n) is 7.28. The Morgan fingerprint density at radius 3 is 2.79 bits per heavy atom. The second kappa shape index (κ2) is 5.74. The highest BCUT2D eigenvalue weighted by atomic mass is 16.7. The van der Waals surface area contributed by atoms with E-state index in [1.54, 1.807) is 0 Å². The Bertz CT molecular complexity index is 660. The minimum absolute atomic E-state index is 0. The van der Waals surface area contributed by atoms with Crippen LogP contribution in [0.3, 0.4) is 0 Å². The molecule has 1 saturated carbocycles. The number of anilines is 1. The van der Waals surface area contributed by atoms with Crippen LogP contribution < -0.4 is 10.5 Å². The zero-order valence-corrected chi connectivity index (χ0v) is 14.3. The van der Waals surface area contributed by atoms with Gasteiger partial charge in [-0.2, -0.15) is 0 Å². The third-order valence-electron chi connectivity index (χ3n) is 6.34. The Kier molecular flexibility index (Phi) is 3.81. The lowest BCUT2D eigenvalue weighted by atomic mass is 9.58. The van der Waals surface area contributed by atoms with Crippen molar-refractivity contribution in [3.63, 3.8) is 0 Å². The van der Waals surface area contributed by atoms with E-state index in [9.17, 15) is 0 Å². The maximum absolute atomic E-state index is 7.65. The number of benzene rings is 1. The van der Waals surface area contributed by atoms with Gasteiger partial charge in [-0.15, -0.1) is 0 Å². The molecule has 1 aromatic rings. The van der Waals surface area contributed by atoms with Crippen molar-refractivity contribution < 1.29 is 15.6 Å². The molecule has 5 heteroatoms. The molecule has 3 N–H and O–H groups in total. The summed E-state index contributed by atoms with van der Waals surface area (Å²) in [5.41, 5.74) is 8.74. The van der Waals surface area contributed by atoms with Gasteiger partial charge in [0, 0.05) is 48.8 Å². The Morgan fingerprint density at radius 2 is 2.08 bits per heavy atom. The topological polar surface area (TPSA) is 77.6 Å². The Labute approximate surface area is 144 Å². The molecule has 2 heterocycles. The molecule has 0 bridgehead atoms. The van der Waals surface area contributed by atoms with Crippen molar-refractivity contribution in [1.29, 1.82) is 5.41 Å². The second-order valence-corrected chi connectivity index (χ2v) is 7.28. The standard InChI is InChI=1S/C19H26N2O3.H2/c1-2-18-4-5-19(23-7-8-24-19)11-14(18)3-6-22-17-10-16(21)13(12-20)9-15(17)18;/h9-10,12,14,20H,2-8,11,21H2,1H3;1H/t14-,18+;/m0./s1. The molecular weight excluding hydrogens is 304 g/mol. The molecule has 5 nitrogen and oxygen atoms in total. The highest BCUT2D eigenvalue weighted by Crippen LogP contribution is 2.56. The molecule has 0 radical (unpaired) electrons. The van der Waals surface area contributed by atoms with Crippen molar-refractivity contribution in [2.24, 2.45) is 5.92 Å². The van der Waals surface area contributed by atoms with Crippen LogP contribution in [0.1, 0.15) is 51.6 Å². The number of fused-ring (bicyclic) bond motifs is 3. The van der Waals surface area contributed by atoms with E-state index in [0.29, 0.717) is 31.4 Å². The molecule has 0 amide bonds. The minimum Gasteiger partial charge on any atom is -0.493 e. The van der Waals surface area contributed by atoms with Crippen molar-refractivity contribution in [1.82, 2.24) is 0 Å². The van der Waals surface area contributed by atoms with E-state index < -0.39 is 0 Å². The number of nitrogens with two attached hydrogens (primary N) is 1. The van der Waals surface area contributed by atoms with E-state index in [2.05, 4.69) is 13.0 Å². The van der Waals surface area contributed by atoms with Crippen molar-refractivity contribution in [3.8, 4) is 5.75 Å². The van der Waals surface area contributed by atoms with Crippen LogP contribution in [0.2, 0.25) is 0 Å². The molecular formula is C19H28N2O3. The molecule has 132 valence electrons. The van der Waals surface area contributed by atoms with Gasteiger partial charge in [0.1, 0.15) is 5.75 Å². The normalized spacial score (nSPS) is 31.0. The molecule has 1 aromatic carbocycles.